The van der Waals surface area contributed by atoms with Gasteiger partial charge in [0, 0.05) is 12.0 Å². The van der Waals surface area contributed by atoms with E-state index >= 15 is 0 Å². The van der Waals surface area contributed by atoms with Gasteiger partial charge in [0.15, 0.2) is 0 Å². The van der Waals surface area contributed by atoms with Crippen LogP contribution in [0.5, 0.6) is 0 Å². The topological polar surface area (TPSA) is 60.7 Å². The van der Waals surface area contributed by atoms with Gasteiger partial charge in [-0.1, -0.05) is 31.2 Å². The molecule has 0 aromatic heterocycles. The lowest BCUT2D eigenvalue weighted by atomic mass is 10.0. The van der Waals surface area contributed by atoms with Crippen LogP contribution in [0.15, 0.2) is 30.3 Å². The van der Waals surface area contributed by atoms with Gasteiger partial charge in [0.1, 0.15) is 5.76 Å². The predicted octanol–water partition coefficient (Wildman–Crippen LogP) is 2.24. The van der Waals surface area contributed by atoms with E-state index in [2.05, 4.69) is 11.8 Å². The summed E-state index contributed by atoms with van der Waals surface area (Å²) in [7, 11) is 0. The maximum absolute atomic E-state index is 9.67. The molecule has 0 radical (unpaired) electrons. The summed E-state index contributed by atoms with van der Waals surface area (Å²) in [5, 5.41) is 28.8. The fourth-order valence-electron chi connectivity index (χ4n) is 1.63. The molecule has 0 aliphatic carbocycles. The van der Waals surface area contributed by atoms with Crippen molar-refractivity contribution in [3.05, 3.63) is 41.5 Å². The van der Waals surface area contributed by atoms with E-state index < -0.39 is 5.79 Å². The average Bonchev–Trinajstić information content (AvgIpc) is 2.29. The van der Waals surface area contributed by atoms with Crippen molar-refractivity contribution >= 4 is 5.76 Å². The smallest absolute Gasteiger partial charge is 0.232 e. The van der Waals surface area contributed by atoms with Gasteiger partial charge in [-0.05, 0) is 30.9 Å². The first-order chi connectivity index (χ1) is 8.48. The number of allylic oxidation sites excluding steroid dienone is 1. The van der Waals surface area contributed by atoms with E-state index in [1.165, 1.54) is 0 Å². The van der Waals surface area contributed by atoms with Gasteiger partial charge < -0.3 is 15.3 Å². The van der Waals surface area contributed by atoms with Gasteiger partial charge in [-0.2, -0.15) is 0 Å². The van der Waals surface area contributed by atoms with Crippen LogP contribution in [0.2, 0.25) is 0 Å². The molecule has 0 spiro atoms. The minimum absolute atomic E-state index is 0.0341. The summed E-state index contributed by atoms with van der Waals surface area (Å²) < 4.78 is 0. The molecule has 0 amide bonds. The second-order valence-corrected chi connectivity index (χ2v) is 4.06. The molecule has 1 rings (SSSR count). The highest BCUT2D eigenvalue weighted by atomic mass is 16.5. The minimum Gasteiger partial charge on any atom is -0.508 e. The van der Waals surface area contributed by atoms with Gasteiger partial charge in [0.2, 0.25) is 5.79 Å². The van der Waals surface area contributed by atoms with Crippen molar-refractivity contribution in [1.29, 1.82) is 0 Å². The Hall–Kier alpha value is -1.76. The van der Waals surface area contributed by atoms with Crippen molar-refractivity contribution in [1.82, 2.24) is 0 Å². The molecule has 96 valence electrons. The van der Waals surface area contributed by atoms with E-state index in [0.717, 1.165) is 12.0 Å². The number of aliphatic hydroxyl groups is 3. The summed E-state index contributed by atoms with van der Waals surface area (Å²) in [5.74, 6) is 3.03. The highest BCUT2D eigenvalue weighted by Crippen LogP contribution is 2.16. The van der Waals surface area contributed by atoms with E-state index in [1.54, 1.807) is 37.3 Å². The van der Waals surface area contributed by atoms with Crippen LogP contribution in [-0.4, -0.2) is 21.1 Å². The quantitative estimate of drug-likeness (QED) is 0.434. The Bertz CT molecular complexity index is 473. The lowest BCUT2D eigenvalue weighted by Crippen LogP contribution is -2.28. The molecule has 0 saturated carbocycles. The molecule has 0 saturated heterocycles. The van der Waals surface area contributed by atoms with Gasteiger partial charge in [-0.25, -0.2) is 0 Å². The lowest BCUT2D eigenvalue weighted by Gasteiger charge is -2.14. The first-order valence-corrected chi connectivity index (χ1v) is 5.85. The molecule has 0 unspecified atom stereocenters. The van der Waals surface area contributed by atoms with Crippen LogP contribution in [0.1, 0.15) is 31.4 Å². The lowest BCUT2D eigenvalue weighted by molar-refractivity contribution is -0.107. The molecule has 3 heteroatoms. The molecule has 0 bridgehead atoms. The highest BCUT2D eigenvalue weighted by molar-refractivity contribution is 5.58. The van der Waals surface area contributed by atoms with Gasteiger partial charge in [0.05, 0.1) is 0 Å². The third-order valence-corrected chi connectivity index (χ3v) is 2.42. The van der Waals surface area contributed by atoms with Crippen LogP contribution in [0.25, 0.3) is 5.76 Å². The van der Waals surface area contributed by atoms with Crippen LogP contribution in [-0.2, 0) is 6.42 Å². The summed E-state index contributed by atoms with van der Waals surface area (Å²) in [6, 6.07) is 6.97. The minimum atomic E-state index is -2.00. The Balaban J connectivity index is 2.83. The first-order valence-electron chi connectivity index (χ1n) is 5.85. The maximum Gasteiger partial charge on any atom is 0.232 e. The van der Waals surface area contributed by atoms with Crippen molar-refractivity contribution in [2.45, 2.75) is 32.5 Å². The first kappa shape index (κ1) is 14.3. The van der Waals surface area contributed by atoms with E-state index in [1.807, 2.05) is 6.92 Å². The van der Waals surface area contributed by atoms with E-state index in [-0.39, 0.29) is 12.2 Å². The molecule has 0 aliphatic rings. The van der Waals surface area contributed by atoms with Crippen molar-refractivity contribution in [3.8, 4) is 11.8 Å². The molecular formula is C15H18O3. The molecule has 1 aromatic carbocycles. The Morgan fingerprint density at radius 1 is 1.28 bits per heavy atom. The highest BCUT2D eigenvalue weighted by Gasteiger charge is 2.19. The molecule has 0 aliphatic heterocycles. The maximum atomic E-state index is 9.67. The van der Waals surface area contributed by atoms with Crippen LogP contribution in [0.3, 0.4) is 0 Å². The van der Waals surface area contributed by atoms with Crippen LogP contribution < -0.4 is 0 Å². The number of rotatable bonds is 4. The molecule has 3 N–H and O–H groups in total. The SMILES string of the molecule is CC#CC(O)(O)Cc1ccc(/C(O)=C\CC)cc1. The number of aliphatic hydroxyl groups excluding tert-OH is 1. The molecule has 0 atom stereocenters. The zero-order valence-corrected chi connectivity index (χ0v) is 10.6. The van der Waals surface area contributed by atoms with Crippen molar-refractivity contribution in [3.63, 3.8) is 0 Å². The molecule has 18 heavy (non-hydrogen) atoms. The van der Waals surface area contributed by atoms with Crippen molar-refractivity contribution in [2.24, 2.45) is 0 Å². The zero-order chi connectivity index (χ0) is 13.6. The number of hydrogen-bond donors (Lipinski definition) is 3. The molecule has 3 nitrogen and oxygen atoms in total. The summed E-state index contributed by atoms with van der Waals surface area (Å²) in [6.45, 7) is 3.50. The Kier molecular flexibility index (Phi) is 4.96. The van der Waals surface area contributed by atoms with Crippen molar-refractivity contribution < 1.29 is 15.3 Å². The van der Waals surface area contributed by atoms with Gasteiger partial charge in [-0.3, -0.25) is 0 Å². The fraction of sp³-hybridized carbons (Fsp3) is 0.333. The largest absolute Gasteiger partial charge is 0.508 e. The molecule has 0 fully saturated rings. The van der Waals surface area contributed by atoms with Gasteiger partial charge in [0.25, 0.3) is 0 Å². The summed E-state index contributed by atoms with van der Waals surface area (Å²) in [5.41, 5.74) is 1.46. The van der Waals surface area contributed by atoms with Crippen molar-refractivity contribution in [2.75, 3.05) is 0 Å². The Morgan fingerprint density at radius 3 is 2.39 bits per heavy atom. The number of benzene rings is 1. The molecule has 0 heterocycles. The second kappa shape index (κ2) is 6.25. The second-order valence-electron chi connectivity index (χ2n) is 4.06. The van der Waals surface area contributed by atoms with Gasteiger partial charge in [-0.15, -0.1) is 5.92 Å². The third kappa shape index (κ3) is 4.25. The van der Waals surface area contributed by atoms with Crippen LogP contribution in [0.4, 0.5) is 0 Å². The summed E-state index contributed by atoms with van der Waals surface area (Å²) in [6.07, 6.45) is 2.52. The van der Waals surface area contributed by atoms with E-state index in [4.69, 9.17) is 0 Å². The zero-order valence-electron chi connectivity index (χ0n) is 10.6. The monoisotopic (exact) mass is 246 g/mol. The fourth-order valence-corrected chi connectivity index (χ4v) is 1.63. The Labute approximate surface area is 107 Å². The molecule has 1 aromatic rings. The summed E-state index contributed by atoms with van der Waals surface area (Å²) in [4.78, 5) is 0. The van der Waals surface area contributed by atoms with Gasteiger partial charge >= 0.3 is 0 Å². The average molecular weight is 246 g/mol. The number of hydrogen-bond acceptors (Lipinski definition) is 3. The third-order valence-electron chi connectivity index (χ3n) is 2.42. The summed E-state index contributed by atoms with van der Waals surface area (Å²) >= 11 is 0. The molecular weight excluding hydrogens is 228 g/mol. The standard InChI is InChI=1S/C15H18O3/c1-3-5-14(16)13-8-6-12(7-9-13)11-15(17,18)10-4-2/h5-9,16-18H,3,11H2,1-2H3/b14-5+. The Morgan fingerprint density at radius 2 is 1.89 bits per heavy atom. The van der Waals surface area contributed by atoms with Crippen LogP contribution >= 0.6 is 0 Å². The normalized spacial score (nSPS) is 11.9. The predicted molar refractivity (Wildman–Crippen MR) is 71.7 cm³/mol. The van der Waals surface area contributed by atoms with Crippen LogP contribution in [0, 0.1) is 11.8 Å². The van der Waals surface area contributed by atoms with E-state index in [0.29, 0.717) is 5.56 Å². The van der Waals surface area contributed by atoms with E-state index in [9.17, 15) is 15.3 Å².